The van der Waals surface area contributed by atoms with Crippen LogP contribution in [0.15, 0.2) is 48.1 Å². The van der Waals surface area contributed by atoms with Crippen molar-refractivity contribution in [3.8, 4) is 0 Å². The number of aryl methyl sites for hydroxylation is 1. The predicted molar refractivity (Wildman–Crippen MR) is 114 cm³/mol. The summed E-state index contributed by atoms with van der Waals surface area (Å²) in [6.45, 7) is 15.7. The van der Waals surface area contributed by atoms with Crippen LogP contribution in [0.4, 0.5) is 0 Å². The van der Waals surface area contributed by atoms with Crippen molar-refractivity contribution in [3.63, 3.8) is 0 Å². The summed E-state index contributed by atoms with van der Waals surface area (Å²) in [5.74, 6) is 0. The Bertz CT molecular complexity index is 748. The van der Waals surface area contributed by atoms with Crippen LogP contribution in [0.5, 0.6) is 0 Å². The Morgan fingerprint density at radius 1 is 1.12 bits per heavy atom. The molecule has 0 nitrogen and oxygen atoms in total. The molecule has 0 N–H and O–H groups in total. The van der Waals surface area contributed by atoms with E-state index in [0.717, 1.165) is 19.3 Å². The molecular formula is C25H34. The van der Waals surface area contributed by atoms with Gasteiger partial charge in [0.15, 0.2) is 0 Å². The highest BCUT2D eigenvalue weighted by Crippen LogP contribution is 2.40. The van der Waals surface area contributed by atoms with Crippen molar-refractivity contribution in [2.24, 2.45) is 5.41 Å². The summed E-state index contributed by atoms with van der Waals surface area (Å²) < 4.78 is 0. The molecule has 0 heteroatoms. The van der Waals surface area contributed by atoms with E-state index >= 15 is 0 Å². The summed E-state index contributed by atoms with van der Waals surface area (Å²) in [5, 5.41) is 0. The molecule has 134 valence electrons. The minimum Gasteiger partial charge on any atom is -0.0847 e. The lowest BCUT2D eigenvalue weighted by atomic mass is 9.74. The molecule has 0 aromatic heterocycles. The molecule has 25 heavy (non-hydrogen) atoms. The van der Waals surface area contributed by atoms with Crippen molar-refractivity contribution >= 4 is 11.1 Å². The molecule has 0 radical (unpaired) electrons. The molecule has 2 rings (SSSR count). The molecule has 0 aliphatic heterocycles. The summed E-state index contributed by atoms with van der Waals surface area (Å²) in [4.78, 5) is 0. The summed E-state index contributed by atoms with van der Waals surface area (Å²) in [6, 6.07) is 4.91. The quantitative estimate of drug-likeness (QED) is 0.488. The van der Waals surface area contributed by atoms with Crippen molar-refractivity contribution in [1.82, 2.24) is 0 Å². The zero-order chi connectivity index (χ0) is 18.6. The molecular weight excluding hydrogens is 300 g/mol. The van der Waals surface area contributed by atoms with Gasteiger partial charge in [-0.15, -0.1) is 0 Å². The van der Waals surface area contributed by atoms with Gasteiger partial charge in [-0.3, -0.25) is 0 Å². The first-order valence-corrected chi connectivity index (χ1v) is 9.67. The first-order chi connectivity index (χ1) is 11.8. The third-order valence-electron chi connectivity index (χ3n) is 5.23. The van der Waals surface area contributed by atoms with Gasteiger partial charge in [0.05, 0.1) is 0 Å². The average Bonchev–Trinajstić information content (AvgIpc) is 2.58. The highest BCUT2D eigenvalue weighted by Gasteiger charge is 2.25. The Kier molecular flexibility index (Phi) is 6.27. The average molecular weight is 335 g/mol. The molecule has 0 spiro atoms. The number of allylic oxidation sites excluding steroid dienone is 8. The van der Waals surface area contributed by atoms with Crippen LogP contribution in [-0.2, 0) is 12.8 Å². The molecule has 1 aliphatic rings. The number of fused-ring (bicyclic) bond motifs is 1. The topological polar surface area (TPSA) is 0 Å². The van der Waals surface area contributed by atoms with Crippen LogP contribution in [0.3, 0.4) is 0 Å². The summed E-state index contributed by atoms with van der Waals surface area (Å²) in [6.07, 6.45) is 14.5. The van der Waals surface area contributed by atoms with E-state index in [1.165, 1.54) is 39.0 Å². The fraction of sp³-hybridized carbons (Fsp3) is 0.440. The molecule has 1 aromatic rings. The SMILES string of the molecule is C/C=C(C)/C=C/C=C(/C)c1cc2c(cc1CC)CC(C)(C)C=C2CC. The van der Waals surface area contributed by atoms with Gasteiger partial charge in [0.1, 0.15) is 0 Å². The van der Waals surface area contributed by atoms with Crippen LogP contribution in [-0.4, -0.2) is 0 Å². The van der Waals surface area contributed by atoms with Crippen molar-refractivity contribution in [2.45, 2.75) is 67.7 Å². The normalized spacial score (nSPS) is 17.6. The van der Waals surface area contributed by atoms with Crippen LogP contribution >= 0.6 is 0 Å². The first-order valence-electron chi connectivity index (χ1n) is 9.67. The van der Waals surface area contributed by atoms with E-state index in [9.17, 15) is 0 Å². The first kappa shape index (κ1) is 19.5. The fourth-order valence-electron chi connectivity index (χ4n) is 3.71. The smallest absolute Gasteiger partial charge is 0.0128 e. The lowest BCUT2D eigenvalue weighted by molar-refractivity contribution is 0.471. The standard InChI is InChI=1S/C25H34/c1-8-18(4)12-11-13-19(5)23-15-24-21(10-3)16-25(6,7)17-22(24)14-20(23)9-2/h8,11-16H,9-10,17H2,1-7H3/b12-11+,18-8+,19-13-. The summed E-state index contributed by atoms with van der Waals surface area (Å²) in [5.41, 5.74) is 10.3. The highest BCUT2D eigenvalue weighted by atomic mass is 14.3. The minimum absolute atomic E-state index is 0.266. The van der Waals surface area contributed by atoms with E-state index in [-0.39, 0.29) is 5.41 Å². The predicted octanol–water partition coefficient (Wildman–Crippen LogP) is 7.55. The zero-order valence-electron chi connectivity index (χ0n) is 17.2. The molecule has 0 bridgehead atoms. The second-order valence-electron chi connectivity index (χ2n) is 7.95. The molecule has 1 aliphatic carbocycles. The van der Waals surface area contributed by atoms with Gasteiger partial charge in [-0.05, 0) is 84.9 Å². The van der Waals surface area contributed by atoms with Crippen LogP contribution in [0, 0.1) is 5.41 Å². The Labute approximate surface area is 155 Å². The van der Waals surface area contributed by atoms with Gasteiger partial charge in [0.2, 0.25) is 0 Å². The van der Waals surface area contributed by atoms with E-state index in [1.54, 1.807) is 0 Å². The lowest BCUT2D eigenvalue weighted by Gasteiger charge is -2.31. The number of benzene rings is 1. The molecule has 0 saturated carbocycles. The Morgan fingerprint density at radius 3 is 2.44 bits per heavy atom. The van der Waals surface area contributed by atoms with Crippen molar-refractivity contribution in [2.75, 3.05) is 0 Å². The Morgan fingerprint density at radius 2 is 1.84 bits per heavy atom. The monoisotopic (exact) mass is 334 g/mol. The van der Waals surface area contributed by atoms with E-state index in [0.29, 0.717) is 0 Å². The molecule has 0 fully saturated rings. The maximum absolute atomic E-state index is 2.49. The van der Waals surface area contributed by atoms with Crippen molar-refractivity contribution < 1.29 is 0 Å². The fourth-order valence-corrected chi connectivity index (χ4v) is 3.71. The molecule has 0 atom stereocenters. The number of hydrogen-bond acceptors (Lipinski definition) is 0. The number of hydrogen-bond donors (Lipinski definition) is 0. The summed E-state index contributed by atoms with van der Waals surface area (Å²) >= 11 is 0. The minimum atomic E-state index is 0.266. The van der Waals surface area contributed by atoms with Crippen LogP contribution in [0.2, 0.25) is 0 Å². The van der Waals surface area contributed by atoms with Gasteiger partial charge in [-0.1, -0.05) is 69.7 Å². The molecule has 0 heterocycles. The van der Waals surface area contributed by atoms with E-state index in [2.05, 4.69) is 91.0 Å². The number of rotatable bonds is 5. The van der Waals surface area contributed by atoms with E-state index < -0.39 is 0 Å². The Hall–Kier alpha value is -1.82. The highest BCUT2D eigenvalue weighted by molar-refractivity contribution is 5.77. The van der Waals surface area contributed by atoms with Crippen molar-refractivity contribution in [1.29, 1.82) is 0 Å². The maximum atomic E-state index is 2.49. The van der Waals surface area contributed by atoms with Gasteiger partial charge in [0, 0.05) is 0 Å². The van der Waals surface area contributed by atoms with Crippen LogP contribution < -0.4 is 0 Å². The van der Waals surface area contributed by atoms with Crippen LogP contribution in [0.1, 0.15) is 77.1 Å². The largest absolute Gasteiger partial charge is 0.0847 e. The molecule has 1 aromatic carbocycles. The lowest BCUT2D eigenvalue weighted by Crippen LogP contribution is -2.18. The van der Waals surface area contributed by atoms with Crippen molar-refractivity contribution in [3.05, 3.63) is 70.3 Å². The van der Waals surface area contributed by atoms with Crippen LogP contribution in [0.25, 0.3) is 11.1 Å². The summed E-state index contributed by atoms with van der Waals surface area (Å²) in [7, 11) is 0. The van der Waals surface area contributed by atoms with Gasteiger partial charge in [-0.25, -0.2) is 0 Å². The Balaban J connectivity index is 2.51. The second-order valence-corrected chi connectivity index (χ2v) is 7.95. The van der Waals surface area contributed by atoms with E-state index in [1.807, 2.05) is 0 Å². The third-order valence-corrected chi connectivity index (χ3v) is 5.23. The second kappa shape index (κ2) is 8.04. The molecule has 0 unspecified atom stereocenters. The third kappa shape index (κ3) is 4.63. The van der Waals surface area contributed by atoms with Gasteiger partial charge in [-0.2, -0.15) is 0 Å². The molecule has 0 saturated heterocycles. The van der Waals surface area contributed by atoms with E-state index in [4.69, 9.17) is 0 Å². The molecule has 0 amide bonds. The van der Waals surface area contributed by atoms with Gasteiger partial charge in [0.25, 0.3) is 0 Å². The van der Waals surface area contributed by atoms with Gasteiger partial charge < -0.3 is 0 Å². The maximum Gasteiger partial charge on any atom is -0.0128 e. The zero-order valence-corrected chi connectivity index (χ0v) is 17.2. The van der Waals surface area contributed by atoms with Gasteiger partial charge >= 0.3 is 0 Å².